The highest BCUT2D eigenvalue weighted by Gasteiger charge is 2.84. The summed E-state index contributed by atoms with van der Waals surface area (Å²) in [4.78, 5) is 26.9. The molecule has 1 heterocycles. The van der Waals surface area contributed by atoms with Crippen molar-refractivity contribution in [2.75, 3.05) is 6.61 Å². The van der Waals surface area contributed by atoms with Gasteiger partial charge in [-0.3, -0.25) is 9.59 Å². The normalized spacial score (nSPS) is 50.0. The molecule has 6 aliphatic rings. The molecule has 5 aliphatic carbocycles. The number of aliphatic hydroxyl groups is 6. The van der Waals surface area contributed by atoms with Crippen molar-refractivity contribution < 1.29 is 49.7 Å². The van der Waals surface area contributed by atoms with Gasteiger partial charge in [-0.25, -0.2) is 0 Å². The zero-order chi connectivity index (χ0) is 33.3. The second-order valence-corrected chi connectivity index (χ2v) is 17.2. The van der Waals surface area contributed by atoms with Crippen molar-refractivity contribution in [1.29, 1.82) is 0 Å². The Balaban J connectivity index is 1.27. The predicted molar refractivity (Wildman–Crippen MR) is 162 cm³/mol. The molecule has 45 heavy (non-hydrogen) atoms. The highest BCUT2D eigenvalue weighted by Crippen LogP contribution is 2.87. The van der Waals surface area contributed by atoms with Gasteiger partial charge in [0.2, 0.25) is 0 Å². The van der Waals surface area contributed by atoms with Crippen LogP contribution in [0.5, 0.6) is 0 Å². The highest BCUT2D eigenvalue weighted by atomic mass is 16.7. The van der Waals surface area contributed by atoms with Gasteiger partial charge in [0, 0.05) is 29.6 Å². The Labute approximate surface area is 266 Å². The molecule has 10 nitrogen and oxygen atoms in total. The molecule has 254 valence electrons. The Morgan fingerprint density at radius 2 is 1.80 bits per heavy atom. The maximum absolute atomic E-state index is 13.9. The summed E-state index contributed by atoms with van der Waals surface area (Å²) in [6, 6.07) is 0. The molecule has 6 rings (SSSR count). The van der Waals surface area contributed by atoms with E-state index >= 15 is 0 Å². The van der Waals surface area contributed by atoms with E-state index in [-0.39, 0.29) is 47.6 Å². The first-order valence-corrected chi connectivity index (χ1v) is 16.9. The van der Waals surface area contributed by atoms with E-state index in [1.807, 2.05) is 6.92 Å². The fourth-order valence-electron chi connectivity index (χ4n) is 11.6. The predicted octanol–water partition coefficient (Wildman–Crippen LogP) is 2.05. The van der Waals surface area contributed by atoms with Crippen molar-refractivity contribution in [2.45, 2.75) is 142 Å². The maximum Gasteiger partial charge on any atom is 0.186 e. The van der Waals surface area contributed by atoms with Gasteiger partial charge in [0.15, 0.2) is 12.1 Å². The molecule has 0 amide bonds. The van der Waals surface area contributed by atoms with E-state index in [2.05, 4.69) is 33.8 Å². The summed E-state index contributed by atoms with van der Waals surface area (Å²) in [5.74, 6) is -1.03. The molecule has 1 saturated heterocycles. The van der Waals surface area contributed by atoms with Crippen LogP contribution < -0.4 is 0 Å². The zero-order valence-corrected chi connectivity index (χ0v) is 27.8. The molecule has 0 radical (unpaired) electrons. The van der Waals surface area contributed by atoms with Crippen LogP contribution in [0.1, 0.15) is 93.4 Å². The Bertz CT molecular complexity index is 1270. The van der Waals surface area contributed by atoms with Crippen molar-refractivity contribution in [1.82, 2.24) is 0 Å². The van der Waals surface area contributed by atoms with Crippen LogP contribution in [-0.4, -0.2) is 97.3 Å². The summed E-state index contributed by atoms with van der Waals surface area (Å²) in [5.41, 5.74) is -2.37. The largest absolute Gasteiger partial charge is 0.392 e. The smallest absolute Gasteiger partial charge is 0.186 e. The fourth-order valence-corrected chi connectivity index (χ4v) is 11.6. The Kier molecular flexibility index (Phi) is 7.76. The van der Waals surface area contributed by atoms with Gasteiger partial charge in [0.05, 0.1) is 24.4 Å². The monoisotopic (exact) mass is 634 g/mol. The average molecular weight is 635 g/mol. The molecule has 1 aliphatic heterocycles. The quantitative estimate of drug-likeness (QED) is 0.228. The fraction of sp³-hybridized carbons (Fsp3) is 0.886. The van der Waals surface area contributed by atoms with E-state index in [9.17, 15) is 40.2 Å². The number of aliphatic hydroxyl groups excluding tert-OH is 5. The third-order valence-electron chi connectivity index (χ3n) is 14.1. The third-order valence-corrected chi connectivity index (χ3v) is 14.1. The molecule has 14 unspecified atom stereocenters. The molecular formula is C35H54O10. The van der Waals surface area contributed by atoms with E-state index < -0.39 is 70.4 Å². The molecule has 2 spiro atoms. The molecule has 0 aromatic heterocycles. The molecular weight excluding hydrogens is 580 g/mol. The molecule has 0 bridgehead atoms. The summed E-state index contributed by atoms with van der Waals surface area (Å²) >= 11 is 0. The SMILES string of the molecule is CC(CC(=O)C(O)C(C)(C)O)C1C(=O)CC2(C)C3=CCC4C(C)(C)C(OC5OCC(O)C(O)C5O)CCC45CC35C(O)CC12C. The lowest BCUT2D eigenvalue weighted by molar-refractivity contribution is -0.301. The van der Waals surface area contributed by atoms with Crippen molar-refractivity contribution in [3.8, 4) is 0 Å². The van der Waals surface area contributed by atoms with Gasteiger partial charge >= 0.3 is 0 Å². The van der Waals surface area contributed by atoms with Crippen LogP contribution in [-0.2, 0) is 19.1 Å². The molecule has 0 aromatic rings. The zero-order valence-electron chi connectivity index (χ0n) is 27.8. The molecule has 10 heteroatoms. The topological polar surface area (TPSA) is 174 Å². The molecule has 4 saturated carbocycles. The third kappa shape index (κ3) is 4.42. The number of fused-ring (bicyclic) bond motifs is 2. The molecule has 0 aromatic carbocycles. The second kappa shape index (κ2) is 10.4. The lowest BCUT2D eigenvalue weighted by Gasteiger charge is -2.61. The van der Waals surface area contributed by atoms with Gasteiger partial charge in [-0.1, -0.05) is 46.3 Å². The van der Waals surface area contributed by atoms with Crippen LogP contribution in [0.15, 0.2) is 11.6 Å². The summed E-state index contributed by atoms with van der Waals surface area (Å²) in [5, 5.41) is 63.4. The van der Waals surface area contributed by atoms with Crippen LogP contribution in [0, 0.1) is 44.8 Å². The lowest BCUT2D eigenvalue weighted by Crippen LogP contribution is -2.59. The summed E-state index contributed by atoms with van der Waals surface area (Å²) in [6.45, 7) is 13.2. The van der Waals surface area contributed by atoms with E-state index in [4.69, 9.17) is 9.47 Å². The molecule has 6 N–H and O–H groups in total. The Morgan fingerprint density at radius 3 is 2.44 bits per heavy atom. The van der Waals surface area contributed by atoms with Crippen molar-refractivity contribution >= 4 is 11.6 Å². The van der Waals surface area contributed by atoms with Crippen molar-refractivity contribution in [2.24, 2.45) is 44.8 Å². The number of hydrogen-bond acceptors (Lipinski definition) is 10. The number of allylic oxidation sites excluding steroid dienone is 1. The number of carbonyl (C=O) groups is 2. The van der Waals surface area contributed by atoms with Crippen LogP contribution >= 0.6 is 0 Å². The van der Waals surface area contributed by atoms with E-state index in [0.717, 1.165) is 19.3 Å². The minimum Gasteiger partial charge on any atom is -0.392 e. The Morgan fingerprint density at radius 1 is 1.13 bits per heavy atom. The van der Waals surface area contributed by atoms with Crippen LogP contribution in [0.25, 0.3) is 0 Å². The second-order valence-electron chi connectivity index (χ2n) is 17.2. The first kappa shape index (κ1) is 33.7. The highest BCUT2D eigenvalue weighted by molar-refractivity contribution is 5.89. The molecule has 14 atom stereocenters. The van der Waals surface area contributed by atoms with Gasteiger partial charge in [0.1, 0.15) is 30.2 Å². The van der Waals surface area contributed by atoms with Crippen molar-refractivity contribution in [3.05, 3.63) is 11.6 Å². The van der Waals surface area contributed by atoms with E-state index in [0.29, 0.717) is 19.3 Å². The summed E-state index contributed by atoms with van der Waals surface area (Å²) in [6.07, 6.45) is -1.18. The van der Waals surface area contributed by atoms with Crippen LogP contribution in [0.4, 0.5) is 0 Å². The number of ketones is 2. The van der Waals surface area contributed by atoms with Gasteiger partial charge in [-0.15, -0.1) is 0 Å². The maximum atomic E-state index is 13.9. The Hall–Kier alpha value is -1.24. The number of hydrogen-bond donors (Lipinski definition) is 6. The average Bonchev–Trinajstić information content (AvgIpc) is 3.57. The van der Waals surface area contributed by atoms with E-state index in [1.54, 1.807) is 0 Å². The standard InChI is InChI=1S/C35H54O10/c1-17(12-18(36)28(42)31(4,5)43)25-19(37)13-32(6)22-9-8-21-30(2,3)24(45-29-27(41)26(40)20(38)15-44-29)10-11-34(21)16-35(22,34)23(39)14-33(25,32)7/h9,17,20-21,23-29,38-43H,8,10-16H2,1-7H3. The van der Waals surface area contributed by atoms with Gasteiger partial charge in [-0.05, 0) is 74.0 Å². The van der Waals surface area contributed by atoms with Crippen LogP contribution in [0.2, 0.25) is 0 Å². The summed E-state index contributed by atoms with van der Waals surface area (Å²) < 4.78 is 11.9. The summed E-state index contributed by atoms with van der Waals surface area (Å²) in [7, 11) is 0. The minimum absolute atomic E-state index is 0.0233. The van der Waals surface area contributed by atoms with E-state index in [1.165, 1.54) is 19.4 Å². The van der Waals surface area contributed by atoms with Crippen molar-refractivity contribution in [3.63, 3.8) is 0 Å². The first-order valence-electron chi connectivity index (χ1n) is 16.9. The number of ether oxygens (including phenoxy) is 2. The van der Waals surface area contributed by atoms with Crippen LogP contribution in [0.3, 0.4) is 0 Å². The number of Topliss-reactive ketones (excluding diaryl/α,β-unsaturated/α-hetero) is 2. The minimum atomic E-state index is -1.57. The van der Waals surface area contributed by atoms with Gasteiger partial charge in [-0.2, -0.15) is 0 Å². The van der Waals surface area contributed by atoms with Gasteiger partial charge < -0.3 is 40.1 Å². The lowest BCUT2D eigenvalue weighted by atomic mass is 9.44. The number of carbonyl (C=O) groups excluding carboxylic acids is 2. The van der Waals surface area contributed by atoms with Gasteiger partial charge in [0.25, 0.3) is 0 Å². The molecule has 5 fully saturated rings. The first-order chi connectivity index (χ1) is 20.7. The number of rotatable bonds is 7.